The zero-order chi connectivity index (χ0) is 19.8. The Labute approximate surface area is 161 Å². The van der Waals surface area contributed by atoms with E-state index >= 15 is 0 Å². The maximum absolute atomic E-state index is 13.8. The number of hydrogen-bond acceptors (Lipinski definition) is 6. The van der Waals surface area contributed by atoms with Gasteiger partial charge in [-0.25, -0.2) is 4.39 Å². The summed E-state index contributed by atoms with van der Waals surface area (Å²) >= 11 is 0. The molecule has 2 aliphatic rings. The Morgan fingerprint density at radius 3 is 2.64 bits per heavy atom. The first-order chi connectivity index (χ1) is 13.6. The van der Waals surface area contributed by atoms with Crippen molar-refractivity contribution >= 4 is 5.76 Å². The maximum atomic E-state index is 13.8. The Morgan fingerprint density at radius 2 is 1.93 bits per heavy atom. The Balaban J connectivity index is 1.91. The van der Waals surface area contributed by atoms with Crippen LogP contribution in [0.3, 0.4) is 0 Å². The largest absolute Gasteiger partial charge is 0.493 e. The number of rotatable bonds is 3. The van der Waals surface area contributed by atoms with E-state index in [1.54, 1.807) is 25.3 Å². The highest BCUT2D eigenvalue weighted by molar-refractivity contribution is 5.75. The van der Waals surface area contributed by atoms with Crippen LogP contribution >= 0.6 is 0 Å². The van der Waals surface area contributed by atoms with Crippen LogP contribution in [0.1, 0.15) is 17.0 Å². The monoisotopic (exact) mass is 380 g/mol. The van der Waals surface area contributed by atoms with Gasteiger partial charge >= 0.3 is 0 Å². The van der Waals surface area contributed by atoms with Crippen molar-refractivity contribution in [3.05, 3.63) is 70.4 Å². The number of benzene rings is 2. The van der Waals surface area contributed by atoms with Gasteiger partial charge in [-0.15, -0.1) is 0 Å². The first-order valence-corrected chi connectivity index (χ1v) is 8.52. The molecule has 0 aliphatic carbocycles. The number of nitrogens with two attached hydrogens (primary N) is 1. The predicted molar refractivity (Wildman–Crippen MR) is 99.0 cm³/mol. The van der Waals surface area contributed by atoms with Gasteiger partial charge in [0.05, 0.1) is 25.7 Å². The van der Waals surface area contributed by atoms with Crippen LogP contribution < -0.4 is 19.9 Å². The SMILES string of the molecule is COc1ccc(C2C(C#N)=C(N)OC3=C2COc2ccc(F)cc23)cc1OC. The number of hydrogen-bond donors (Lipinski definition) is 1. The molecule has 0 saturated carbocycles. The summed E-state index contributed by atoms with van der Waals surface area (Å²) in [5.74, 6) is 1.05. The van der Waals surface area contributed by atoms with Crippen molar-refractivity contribution < 1.29 is 23.3 Å². The van der Waals surface area contributed by atoms with Gasteiger partial charge in [-0.3, -0.25) is 0 Å². The van der Waals surface area contributed by atoms with E-state index < -0.39 is 11.7 Å². The summed E-state index contributed by atoms with van der Waals surface area (Å²) in [5.41, 5.74) is 8.23. The summed E-state index contributed by atoms with van der Waals surface area (Å²) in [6.07, 6.45) is 0. The fourth-order valence-electron chi connectivity index (χ4n) is 3.54. The molecule has 2 aromatic rings. The average molecular weight is 380 g/mol. The molecule has 2 aliphatic heterocycles. The van der Waals surface area contributed by atoms with Crippen LogP contribution in [0, 0.1) is 17.1 Å². The molecule has 2 heterocycles. The molecular weight excluding hydrogens is 363 g/mol. The molecule has 0 bridgehead atoms. The van der Waals surface area contributed by atoms with Crippen molar-refractivity contribution in [1.29, 1.82) is 5.26 Å². The van der Waals surface area contributed by atoms with Gasteiger partial charge in [0, 0.05) is 5.57 Å². The molecule has 1 atom stereocenters. The van der Waals surface area contributed by atoms with E-state index in [0.29, 0.717) is 34.1 Å². The number of allylic oxidation sites excluding steroid dienone is 1. The summed E-state index contributed by atoms with van der Waals surface area (Å²) in [6, 6.07) is 11.7. The van der Waals surface area contributed by atoms with Gasteiger partial charge in [0.25, 0.3) is 0 Å². The Morgan fingerprint density at radius 1 is 1.14 bits per heavy atom. The van der Waals surface area contributed by atoms with Crippen molar-refractivity contribution in [1.82, 2.24) is 0 Å². The lowest BCUT2D eigenvalue weighted by Gasteiger charge is -2.33. The third-order valence-electron chi connectivity index (χ3n) is 4.84. The molecule has 6 nitrogen and oxygen atoms in total. The number of nitrogens with zero attached hydrogens (tertiary/aromatic N) is 1. The highest BCUT2D eigenvalue weighted by atomic mass is 19.1. The predicted octanol–water partition coefficient (Wildman–Crippen LogP) is 3.45. The van der Waals surface area contributed by atoms with Crippen LogP contribution in [-0.4, -0.2) is 20.8 Å². The Hall–Kier alpha value is -3.66. The molecule has 0 fully saturated rings. The maximum Gasteiger partial charge on any atom is 0.205 e. The second-order valence-electron chi connectivity index (χ2n) is 6.32. The molecule has 0 amide bonds. The number of fused-ring (bicyclic) bond motifs is 2. The quantitative estimate of drug-likeness (QED) is 0.878. The van der Waals surface area contributed by atoms with E-state index in [-0.39, 0.29) is 18.1 Å². The second kappa shape index (κ2) is 6.82. The number of halogens is 1. The summed E-state index contributed by atoms with van der Waals surface area (Å²) in [5, 5.41) is 9.70. The van der Waals surface area contributed by atoms with Crippen molar-refractivity contribution in [3.8, 4) is 23.3 Å². The molecule has 2 aromatic carbocycles. The van der Waals surface area contributed by atoms with Crippen LogP contribution in [0.15, 0.2) is 53.4 Å². The van der Waals surface area contributed by atoms with E-state index in [0.717, 1.165) is 5.56 Å². The molecule has 0 aromatic heterocycles. The molecule has 1 unspecified atom stereocenters. The van der Waals surface area contributed by atoms with Gasteiger partial charge in [0.1, 0.15) is 35.6 Å². The zero-order valence-corrected chi connectivity index (χ0v) is 15.3. The summed E-state index contributed by atoms with van der Waals surface area (Å²) in [7, 11) is 3.08. The molecule has 0 saturated heterocycles. The summed E-state index contributed by atoms with van der Waals surface area (Å²) < 4.78 is 36.0. The number of nitriles is 1. The first-order valence-electron chi connectivity index (χ1n) is 8.52. The second-order valence-corrected chi connectivity index (χ2v) is 6.32. The van der Waals surface area contributed by atoms with Crippen molar-refractivity contribution in [3.63, 3.8) is 0 Å². The van der Waals surface area contributed by atoms with E-state index in [1.165, 1.54) is 19.2 Å². The van der Waals surface area contributed by atoms with Gasteiger partial charge in [0.2, 0.25) is 5.88 Å². The van der Waals surface area contributed by atoms with Crippen molar-refractivity contribution in [2.45, 2.75) is 5.92 Å². The third kappa shape index (κ3) is 2.70. The molecule has 2 N–H and O–H groups in total. The Kier molecular flexibility index (Phi) is 4.32. The van der Waals surface area contributed by atoms with Crippen molar-refractivity contribution in [2.75, 3.05) is 20.8 Å². The lowest BCUT2D eigenvalue weighted by molar-refractivity contribution is 0.293. The fourth-order valence-corrected chi connectivity index (χ4v) is 3.54. The van der Waals surface area contributed by atoms with E-state index in [9.17, 15) is 9.65 Å². The lowest BCUT2D eigenvalue weighted by atomic mass is 9.81. The fraction of sp³-hybridized carbons (Fsp3) is 0.190. The first kappa shape index (κ1) is 17.7. The average Bonchev–Trinajstić information content (AvgIpc) is 2.72. The molecule has 0 spiro atoms. The van der Waals surface area contributed by atoms with Gasteiger partial charge in [-0.2, -0.15) is 5.26 Å². The smallest absolute Gasteiger partial charge is 0.205 e. The minimum atomic E-state index is -0.509. The minimum absolute atomic E-state index is 0.0156. The normalized spacial score (nSPS) is 17.7. The molecule has 28 heavy (non-hydrogen) atoms. The topological polar surface area (TPSA) is 86.7 Å². The van der Waals surface area contributed by atoms with E-state index in [4.69, 9.17) is 24.7 Å². The van der Waals surface area contributed by atoms with Gasteiger partial charge in [-0.1, -0.05) is 6.07 Å². The third-order valence-corrected chi connectivity index (χ3v) is 4.84. The Bertz CT molecular complexity index is 1070. The van der Waals surface area contributed by atoms with Crippen LogP contribution in [0.5, 0.6) is 17.2 Å². The van der Waals surface area contributed by atoms with E-state index in [1.807, 2.05) is 6.07 Å². The standard InChI is InChI=1S/C21H17FN2O4/c1-25-17-5-3-11(7-18(17)26-2)19-14(9-23)21(24)28-20-13-8-12(22)4-6-16(13)27-10-15(19)20/h3-8,19H,10,24H2,1-2H3. The zero-order valence-electron chi connectivity index (χ0n) is 15.3. The van der Waals surface area contributed by atoms with Crippen LogP contribution in [0.25, 0.3) is 5.76 Å². The molecule has 0 radical (unpaired) electrons. The van der Waals surface area contributed by atoms with Crippen LogP contribution in [0.2, 0.25) is 0 Å². The van der Waals surface area contributed by atoms with Gasteiger partial charge < -0.3 is 24.7 Å². The van der Waals surface area contributed by atoms with Crippen molar-refractivity contribution in [2.24, 2.45) is 5.73 Å². The number of ether oxygens (including phenoxy) is 4. The van der Waals surface area contributed by atoms with Gasteiger partial charge in [0.15, 0.2) is 11.5 Å². The van der Waals surface area contributed by atoms with E-state index in [2.05, 4.69) is 6.07 Å². The minimum Gasteiger partial charge on any atom is -0.493 e. The molecular formula is C21H17FN2O4. The molecule has 142 valence electrons. The highest BCUT2D eigenvalue weighted by Gasteiger charge is 2.37. The lowest BCUT2D eigenvalue weighted by Crippen LogP contribution is -2.26. The summed E-state index contributed by atoms with van der Waals surface area (Å²) in [6.45, 7) is 0.186. The van der Waals surface area contributed by atoms with Crippen LogP contribution in [-0.2, 0) is 4.74 Å². The highest BCUT2D eigenvalue weighted by Crippen LogP contribution is 2.47. The van der Waals surface area contributed by atoms with Crippen LogP contribution in [0.4, 0.5) is 4.39 Å². The number of methoxy groups -OCH3 is 2. The molecule has 7 heteroatoms. The van der Waals surface area contributed by atoms with Gasteiger partial charge in [-0.05, 0) is 35.9 Å². The molecule has 4 rings (SSSR count). The summed E-state index contributed by atoms with van der Waals surface area (Å²) in [4.78, 5) is 0.